The molecule has 2 N–H and O–H groups in total. The molecule has 24 heavy (non-hydrogen) atoms. The number of amides is 1. The number of hydrogen-bond acceptors (Lipinski definition) is 2. The molecule has 1 amide bonds. The van der Waals surface area contributed by atoms with Gasteiger partial charge in [-0.3, -0.25) is 9.59 Å². The Morgan fingerprint density at radius 1 is 1.00 bits per heavy atom. The fourth-order valence-corrected chi connectivity index (χ4v) is 2.87. The molecule has 0 aliphatic carbocycles. The fraction of sp³-hybridized carbons (Fsp3) is 0.300. The number of nitrogens with one attached hydrogen (secondary N) is 1. The Balaban J connectivity index is 2.06. The lowest BCUT2D eigenvalue weighted by molar-refractivity contribution is -0.141. The van der Waals surface area contributed by atoms with Crippen molar-refractivity contribution in [1.29, 1.82) is 0 Å². The topological polar surface area (TPSA) is 66.4 Å². The summed E-state index contributed by atoms with van der Waals surface area (Å²) in [4.78, 5) is 23.6. The van der Waals surface area contributed by atoms with Gasteiger partial charge in [0.1, 0.15) is 0 Å². The second-order valence-corrected chi connectivity index (χ2v) is 6.20. The second kappa shape index (κ2) is 8.29. The molecule has 0 bridgehead atoms. The number of aryl methyl sites for hydroxylation is 2. The van der Waals surface area contributed by atoms with E-state index in [0.717, 1.165) is 22.3 Å². The van der Waals surface area contributed by atoms with Crippen molar-refractivity contribution in [3.8, 4) is 0 Å². The van der Waals surface area contributed by atoms with Crippen LogP contribution in [0.25, 0.3) is 0 Å². The highest BCUT2D eigenvalue weighted by molar-refractivity contribution is 5.83. The predicted molar refractivity (Wildman–Crippen MR) is 93.7 cm³/mol. The zero-order valence-corrected chi connectivity index (χ0v) is 14.1. The van der Waals surface area contributed by atoms with Gasteiger partial charge in [0.15, 0.2) is 0 Å². The molecule has 2 aromatic rings. The van der Waals surface area contributed by atoms with Gasteiger partial charge in [-0.15, -0.1) is 0 Å². The number of benzene rings is 2. The molecule has 0 aromatic heterocycles. The molecule has 1 atom stereocenters. The summed E-state index contributed by atoms with van der Waals surface area (Å²) in [6, 6.07) is 15.7. The monoisotopic (exact) mass is 325 g/mol. The standard InChI is InChI=1S/C20H23NO3/c1-14-8-15(2)10-17(9-14)11-18(12-19(22)23)20(24)21-13-16-6-4-3-5-7-16/h3-10,18H,11-13H2,1-2H3,(H,21,24)(H,22,23). The van der Waals surface area contributed by atoms with Crippen LogP contribution in [0.5, 0.6) is 0 Å². The predicted octanol–water partition coefficient (Wildman–Crippen LogP) is 3.25. The van der Waals surface area contributed by atoms with Gasteiger partial charge in [-0.1, -0.05) is 59.7 Å². The van der Waals surface area contributed by atoms with Crippen molar-refractivity contribution in [1.82, 2.24) is 5.32 Å². The van der Waals surface area contributed by atoms with E-state index in [2.05, 4.69) is 11.4 Å². The summed E-state index contributed by atoms with van der Waals surface area (Å²) in [6.07, 6.45) is 0.253. The summed E-state index contributed by atoms with van der Waals surface area (Å²) in [7, 11) is 0. The molecule has 2 aromatic carbocycles. The lowest BCUT2D eigenvalue weighted by Crippen LogP contribution is -2.33. The Hall–Kier alpha value is -2.62. The molecule has 0 radical (unpaired) electrons. The second-order valence-electron chi connectivity index (χ2n) is 6.20. The Morgan fingerprint density at radius 3 is 2.21 bits per heavy atom. The van der Waals surface area contributed by atoms with Crippen molar-refractivity contribution in [3.05, 3.63) is 70.8 Å². The third-order valence-electron chi connectivity index (χ3n) is 3.86. The van der Waals surface area contributed by atoms with Gasteiger partial charge < -0.3 is 10.4 Å². The highest BCUT2D eigenvalue weighted by Gasteiger charge is 2.22. The zero-order chi connectivity index (χ0) is 17.5. The van der Waals surface area contributed by atoms with Crippen molar-refractivity contribution in [2.75, 3.05) is 0 Å². The molecule has 2 rings (SSSR count). The van der Waals surface area contributed by atoms with Gasteiger partial charge in [-0.05, 0) is 31.4 Å². The maximum Gasteiger partial charge on any atom is 0.304 e. The molecule has 4 heteroatoms. The van der Waals surface area contributed by atoms with E-state index in [-0.39, 0.29) is 12.3 Å². The lowest BCUT2D eigenvalue weighted by atomic mass is 9.93. The van der Waals surface area contributed by atoms with Gasteiger partial charge in [-0.2, -0.15) is 0 Å². The van der Waals surface area contributed by atoms with E-state index >= 15 is 0 Å². The van der Waals surface area contributed by atoms with E-state index in [1.165, 1.54) is 0 Å². The van der Waals surface area contributed by atoms with E-state index in [9.17, 15) is 9.59 Å². The van der Waals surface area contributed by atoms with Crippen molar-refractivity contribution < 1.29 is 14.7 Å². The number of carbonyl (C=O) groups excluding carboxylic acids is 1. The number of rotatable bonds is 7. The van der Waals surface area contributed by atoms with Gasteiger partial charge in [0.05, 0.1) is 12.3 Å². The van der Waals surface area contributed by atoms with E-state index in [4.69, 9.17) is 5.11 Å². The average Bonchev–Trinajstić information content (AvgIpc) is 2.51. The van der Waals surface area contributed by atoms with Crippen molar-refractivity contribution >= 4 is 11.9 Å². The minimum atomic E-state index is -0.959. The first-order valence-corrected chi connectivity index (χ1v) is 8.04. The molecule has 0 spiro atoms. The Bertz CT molecular complexity index is 690. The summed E-state index contributed by atoms with van der Waals surface area (Å²) in [5.74, 6) is -1.76. The average molecular weight is 325 g/mol. The van der Waals surface area contributed by atoms with Crippen LogP contribution in [-0.2, 0) is 22.6 Å². The van der Waals surface area contributed by atoms with Crippen LogP contribution < -0.4 is 5.32 Å². The SMILES string of the molecule is Cc1cc(C)cc(CC(CC(=O)O)C(=O)NCc2ccccc2)c1. The number of hydrogen-bond donors (Lipinski definition) is 2. The maximum absolute atomic E-state index is 12.5. The van der Waals surface area contributed by atoms with Crippen LogP contribution in [0, 0.1) is 19.8 Å². The van der Waals surface area contributed by atoms with Crippen LogP contribution in [0.3, 0.4) is 0 Å². The molecule has 0 aliphatic heterocycles. The molecule has 0 aliphatic rings. The minimum Gasteiger partial charge on any atom is -0.481 e. The summed E-state index contributed by atoms with van der Waals surface area (Å²) in [5, 5.41) is 12.0. The first-order valence-electron chi connectivity index (χ1n) is 8.04. The Labute approximate surface area is 142 Å². The molecule has 0 heterocycles. The van der Waals surface area contributed by atoms with E-state index in [1.54, 1.807) is 0 Å². The maximum atomic E-state index is 12.5. The van der Waals surface area contributed by atoms with Gasteiger partial charge >= 0.3 is 5.97 Å². The van der Waals surface area contributed by atoms with Crippen molar-refractivity contribution in [2.45, 2.75) is 33.2 Å². The third-order valence-corrected chi connectivity index (χ3v) is 3.86. The van der Waals surface area contributed by atoms with E-state index in [1.807, 2.05) is 56.3 Å². The molecule has 4 nitrogen and oxygen atoms in total. The highest BCUT2D eigenvalue weighted by Crippen LogP contribution is 2.17. The minimum absolute atomic E-state index is 0.173. The van der Waals surface area contributed by atoms with Gasteiger partial charge in [0, 0.05) is 6.54 Å². The molecule has 0 saturated carbocycles. The summed E-state index contributed by atoms with van der Waals surface area (Å²) >= 11 is 0. The molecule has 1 unspecified atom stereocenters. The summed E-state index contributed by atoms with van der Waals surface area (Å²) < 4.78 is 0. The van der Waals surface area contributed by atoms with Crippen LogP contribution in [0.1, 0.15) is 28.7 Å². The van der Waals surface area contributed by atoms with Crippen molar-refractivity contribution in [2.24, 2.45) is 5.92 Å². The van der Waals surface area contributed by atoms with Crippen LogP contribution in [0.4, 0.5) is 0 Å². The summed E-state index contributed by atoms with van der Waals surface area (Å²) in [5.41, 5.74) is 4.22. The third kappa shape index (κ3) is 5.54. The first-order chi connectivity index (χ1) is 11.4. The number of carbonyl (C=O) groups is 2. The Kier molecular flexibility index (Phi) is 6.13. The molecular weight excluding hydrogens is 302 g/mol. The van der Waals surface area contributed by atoms with Crippen LogP contribution in [0.2, 0.25) is 0 Å². The molecule has 0 saturated heterocycles. The quantitative estimate of drug-likeness (QED) is 0.821. The largest absolute Gasteiger partial charge is 0.481 e. The molecule has 126 valence electrons. The normalized spacial score (nSPS) is 11.8. The first kappa shape index (κ1) is 17.7. The van der Waals surface area contributed by atoms with Crippen LogP contribution >= 0.6 is 0 Å². The van der Waals surface area contributed by atoms with E-state index in [0.29, 0.717) is 13.0 Å². The van der Waals surface area contributed by atoms with Crippen LogP contribution in [0.15, 0.2) is 48.5 Å². The summed E-state index contributed by atoms with van der Waals surface area (Å²) in [6.45, 7) is 4.40. The van der Waals surface area contributed by atoms with Crippen LogP contribution in [-0.4, -0.2) is 17.0 Å². The number of carboxylic acids is 1. The van der Waals surface area contributed by atoms with E-state index < -0.39 is 11.9 Å². The Morgan fingerprint density at radius 2 is 1.62 bits per heavy atom. The van der Waals surface area contributed by atoms with Crippen molar-refractivity contribution in [3.63, 3.8) is 0 Å². The van der Waals surface area contributed by atoms with Gasteiger partial charge in [0.25, 0.3) is 0 Å². The van der Waals surface area contributed by atoms with Gasteiger partial charge in [0.2, 0.25) is 5.91 Å². The lowest BCUT2D eigenvalue weighted by Gasteiger charge is -2.16. The number of carboxylic acid groups (broad SMARTS) is 1. The van der Waals surface area contributed by atoms with Gasteiger partial charge in [-0.25, -0.2) is 0 Å². The zero-order valence-electron chi connectivity index (χ0n) is 14.1. The number of aliphatic carboxylic acids is 1. The highest BCUT2D eigenvalue weighted by atomic mass is 16.4. The smallest absolute Gasteiger partial charge is 0.304 e. The molecule has 0 fully saturated rings. The fourth-order valence-electron chi connectivity index (χ4n) is 2.87. The molecular formula is C20H23NO3.